The van der Waals surface area contributed by atoms with Crippen molar-refractivity contribution < 1.29 is 9.53 Å². The number of anilines is 1. The molecule has 0 fully saturated rings. The second kappa shape index (κ2) is 5.59. The molecular weight excluding hydrogens is 248 g/mol. The number of hydrogen-bond acceptors (Lipinski definition) is 4. The highest BCUT2D eigenvalue weighted by atomic mass is 79.9. The van der Waals surface area contributed by atoms with E-state index >= 15 is 0 Å². The molecule has 1 aromatic heterocycles. The summed E-state index contributed by atoms with van der Waals surface area (Å²) in [5.41, 5.74) is 0. The Kier molecular flexibility index (Phi) is 4.39. The lowest BCUT2D eigenvalue weighted by molar-refractivity contribution is -0.140. The second-order valence-corrected chi connectivity index (χ2v) is 3.43. The number of carbonyl (C=O) groups is 1. The summed E-state index contributed by atoms with van der Waals surface area (Å²) >= 11 is 3.30. The summed E-state index contributed by atoms with van der Waals surface area (Å²) in [6.07, 6.45) is 1.65. The third-order valence-corrected chi connectivity index (χ3v) is 1.93. The second-order valence-electron chi connectivity index (χ2n) is 2.52. The molecule has 0 atom stereocenters. The average molecular weight is 259 g/mol. The van der Waals surface area contributed by atoms with Crippen LogP contribution in [0.3, 0.4) is 0 Å². The summed E-state index contributed by atoms with van der Waals surface area (Å²) in [6, 6.07) is 3.61. The van der Waals surface area contributed by atoms with E-state index in [4.69, 9.17) is 4.74 Å². The van der Waals surface area contributed by atoms with Crippen molar-refractivity contribution in [2.24, 2.45) is 0 Å². The SMILES string of the molecule is CCOC(=O)CNc1cc(Br)ccn1. The molecule has 0 amide bonds. The van der Waals surface area contributed by atoms with Crippen LogP contribution in [0.2, 0.25) is 0 Å². The zero-order valence-corrected chi connectivity index (χ0v) is 9.37. The number of esters is 1. The summed E-state index contributed by atoms with van der Waals surface area (Å²) in [7, 11) is 0. The standard InChI is InChI=1S/C9H11BrN2O2/c1-2-14-9(13)6-12-8-5-7(10)3-4-11-8/h3-5H,2,6H2,1H3,(H,11,12). The van der Waals surface area contributed by atoms with E-state index in [9.17, 15) is 4.79 Å². The first kappa shape index (κ1) is 11.0. The maximum atomic E-state index is 11.0. The molecule has 0 aromatic carbocycles. The van der Waals surface area contributed by atoms with Gasteiger partial charge in [-0.1, -0.05) is 15.9 Å². The fraction of sp³-hybridized carbons (Fsp3) is 0.333. The van der Waals surface area contributed by atoms with Gasteiger partial charge in [-0.25, -0.2) is 4.98 Å². The first-order valence-corrected chi connectivity index (χ1v) is 5.02. The molecule has 5 heteroatoms. The third-order valence-electron chi connectivity index (χ3n) is 1.44. The molecule has 0 bridgehead atoms. The minimum absolute atomic E-state index is 0.136. The molecule has 1 aromatic rings. The van der Waals surface area contributed by atoms with Crippen molar-refractivity contribution in [3.63, 3.8) is 0 Å². The molecule has 4 nitrogen and oxygen atoms in total. The molecule has 0 aliphatic carbocycles. The van der Waals surface area contributed by atoms with Gasteiger partial charge in [-0.2, -0.15) is 0 Å². The summed E-state index contributed by atoms with van der Waals surface area (Å²) in [4.78, 5) is 15.0. The Morgan fingerprint density at radius 3 is 3.14 bits per heavy atom. The minimum atomic E-state index is -0.283. The van der Waals surface area contributed by atoms with E-state index in [1.165, 1.54) is 0 Å². The lowest BCUT2D eigenvalue weighted by Gasteiger charge is -2.04. The van der Waals surface area contributed by atoms with Crippen molar-refractivity contribution in [1.29, 1.82) is 0 Å². The lowest BCUT2D eigenvalue weighted by atomic mass is 10.4. The maximum Gasteiger partial charge on any atom is 0.325 e. The van der Waals surface area contributed by atoms with E-state index in [1.54, 1.807) is 19.2 Å². The van der Waals surface area contributed by atoms with E-state index in [0.717, 1.165) is 4.47 Å². The lowest BCUT2D eigenvalue weighted by Crippen LogP contribution is -2.17. The van der Waals surface area contributed by atoms with Gasteiger partial charge in [0.05, 0.1) is 6.61 Å². The highest BCUT2D eigenvalue weighted by molar-refractivity contribution is 9.10. The highest BCUT2D eigenvalue weighted by Crippen LogP contribution is 2.12. The largest absolute Gasteiger partial charge is 0.465 e. The number of aromatic nitrogens is 1. The molecule has 1 rings (SSSR count). The quantitative estimate of drug-likeness (QED) is 0.838. The monoisotopic (exact) mass is 258 g/mol. The van der Waals surface area contributed by atoms with Gasteiger partial charge in [-0.05, 0) is 19.1 Å². The van der Waals surface area contributed by atoms with Gasteiger partial charge < -0.3 is 10.1 Å². The Labute approximate surface area is 90.8 Å². The van der Waals surface area contributed by atoms with Crippen LogP contribution >= 0.6 is 15.9 Å². The van der Waals surface area contributed by atoms with Crippen LogP contribution in [0.25, 0.3) is 0 Å². The van der Waals surface area contributed by atoms with Gasteiger partial charge >= 0.3 is 5.97 Å². The van der Waals surface area contributed by atoms with Crippen molar-refractivity contribution >= 4 is 27.7 Å². The van der Waals surface area contributed by atoms with Crippen LogP contribution in [-0.4, -0.2) is 24.1 Å². The Hall–Kier alpha value is -1.10. The molecule has 0 radical (unpaired) electrons. The average Bonchev–Trinajstić information content (AvgIpc) is 2.15. The van der Waals surface area contributed by atoms with Crippen molar-refractivity contribution in [3.8, 4) is 0 Å². The predicted octanol–water partition coefficient (Wildman–Crippen LogP) is 1.82. The number of nitrogens with zero attached hydrogens (tertiary/aromatic N) is 1. The van der Waals surface area contributed by atoms with E-state index in [-0.39, 0.29) is 12.5 Å². The van der Waals surface area contributed by atoms with Gasteiger partial charge in [0.1, 0.15) is 12.4 Å². The molecule has 0 saturated heterocycles. The highest BCUT2D eigenvalue weighted by Gasteiger charge is 2.01. The number of pyridine rings is 1. The van der Waals surface area contributed by atoms with Gasteiger partial charge in [-0.15, -0.1) is 0 Å². The number of rotatable bonds is 4. The van der Waals surface area contributed by atoms with Crippen molar-refractivity contribution in [2.75, 3.05) is 18.5 Å². The van der Waals surface area contributed by atoms with Gasteiger partial charge in [0.2, 0.25) is 0 Å². The zero-order valence-electron chi connectivity index (χ0n) is 7.79. The Morgan fingerprint density at radius 2 is 2.50 bits per heavy atom. The Morgan fingerprint density at radius 1 is 1.71 bits per heavy atom. The zero-order chi connectivity index (χ0) is 10.4. The van der Waals surface area contributed by atoms with E-state index in [0.29, 0.717) is 12.4 Å². The molecule has 0 spiro atoms. The summed E-state index contributed by atoms with van der Waals surface area (Å²) in [5.74, 6) is 0.363. The summed E-state index contributed by atoms with van der Waals surface area (Å²) in [6.45, 7) is 2.30. The number of nitrogens with one attached hydrogen (secondary N) is 1. The van der Waals surface area contributed by atoms with Crippen LogP contribution in [0.1, 0.15) is 6.92 Å². The van der Waals surface area contributed by atoms with Crippen LogP contribution < -0.4 is 5.32 Å². The number of hydrogen-bond donors (Lipinski definition) is 1. The van der Waals surface area contributed by atoms with Crippen LogP contribution in [0.5, 0.6) is 0 Å². The summed E-state index contributed by atoms with van der Waals surface area (Å²) in [5, 5.41) is 2.85. The van der Waals surface area contributed by atoms with Crippen LogP contribution in [-0.2, 0) is 9.53 Å². The smallest absolute Gasteiger partial charge is 0.325 e. The predicted molar refractivity (Wildman–Crippen MR) is 57.1 cm³/mol. The first-order chi connectivity index (χ1) is 6.72. The molecule has 1 heterocycles. The van der Waals surface area contributed by atoms with Gasteiger partial charge in [-0.3, -0.25) is 4.79 Å². The fourth-order valence-corrected chi connectivity index (χ4v) is 1.21. The van der Waals surface area contributed by atoms with Gasteiger partial charge in [0.15, 0.2) is 0 Å². The Bertz CT molecular complexity index is 317. The molecule has 14 heavy (non-hydrogen) atoms. The molecule has 0 unspecified atom stereocenters. The summed E-state index contributed by atoms with van der Waals surface area (Å²) < 4.78 is 5.67. The fourth-order valence-electron chi connectivity index (χ4n) is 0.876. The van der Waals surface area contributed by atoms with E-state index < -0.39 is 0 Å². The molecule has 1 N–H and O–H groups in total. The van der Waals surface area contributed by atoms with Crippen molar-refractivity contribution in [3.05, 3.63) is 22.8 Å². The van der Waals surface area contributed by atoms with Gasteiger partial charge in [0.25, 0.3) is 0 Å². The normalized spacial score (nSPS) is 9.57. The van der Waals surface area contributed by atoms with E-state index in [1.807, 2.05) is 6.07 Å². The van der Waals surface area contributed by atoms with Crippen LogP contribution in [0, 0.1) is 0 Å². The number of ether oxygens (including phenoxy) is 1. The van der Waals surface area contributed by atoms with Crippen molar-refractivity contribution in [1.82, 2.24) is 4.98 Å². The molecule has 76 valence electrons. The molecular formula is C9H11BrN2O2. The van der Waals surface area contributed by atoms with E-state index in [2.05, 4.69) is 26.2 Å². The van der Waals surface area contributed by atoms with Gasteiger partial charge in [0, 0.05) is 10.7 Å². The number of halogens is 1. The Balaban J connectivity index is 2.41. The van der Waals surface area contributed by atoms with Crippen LogP contribution in [0.15, 0.2) is 22.8 Å². The van der Waals surface area contributed by atoms with Crippen molar-refractivity contribution in [2.45, 2.75) is 6.92 Å². The molecule has 0 saturated carbocycles. The van der Waals surface area contributed by atoms with Crippen LogP contribution in [0.4, 0.5) is 5.82 Å². The minimum Gasteiger partial charge on any atom is -0.465 e. The third kappa shape index (κ3) is 3.74. The molecule has 0 aliphatic heterocycles. The topological polar surface area (TPSA) is 51.2 Å². The molecule has 0 aliphatic rings. The maximum absolute atomic E-state index is 11.0. The first-order valence-electron chi connectivity index (χ1n) is 4.23. The number of carbonyl (C=O) groups excluding carboxylic acids is 1.